The molecule has 0 aromatic carbocycles. The lowest BCUT2D eigenvalue weighted by atomic mass is 9.95. The Labute approximate surface area is 133 Å². The second kappa shape index (κ2) is 6.61. The predicted molar refractivity (Wildman–Crippen MR) is 87.4 cm³/mol. The minimum absolute atomic E-state index is 0.321. The third-order valence-electron chi connectivity index (χ3n) is 4.29. The molecule has 1 aromatic heterocycles. The second-order valence-electron chi connectivity index (χ2n) is 6.01. The summed E-state index contributed by atoms with van der Waals surface area (Å²) in [7, 11) is -0.697. The quantitative estimate of drug-likeness (QED) is 0.841. The summed E-state index contributed by atoms with van der Waals surface area (Å²) in [5.74, 6) is 2.94. The topological polar surface area (TPSA) is 54.9 Å². The van der Waals surface area contributed by atoms with Gasteiger partial charge in [0.15, 0.2) is 0 Å². The maximum Gasteiger partial charge on any atom is 0.135 e. The Bertz CT molecular complexity index is 536. The van der Waals surface area contributed by atoms with E-state index in [1.807, 2.05) is 6.92 Å². The second-order valence-corrected chi connectivity index (χ2v) is 8.40. The molecule has 3 atom stereocenters. The number of aromatic nitrogens is 2. The van der Waals surface area contributed by atoms with Crippen LogP contribution in [0.2, 0.25) is 5.15 Å². The van der Waals surface area contributed by atoms with Crippen molar-refractivity contribution in [1.29, 1.82) is 0 Å². The molecule has 1 aromatic rings. The summed E-state index contributed by atoms with van der Waals surface area (Å²) < 4.78 is 12.0. The highest BCUT2D eigenvalue weighted by molar-refractivity contribution is 7.85. The Hall–Kier alpha value is -0.680. The molecular weight excluding hydrogens is 306 g/mol. The summed E-state index contributed by atoms with van der Waals surface area (Å²) >= 11 is 6.10. The van der Waals surface area contributed by atoms with Crippen molar-refractivity contribution in [3.8, 4) is 0 Å². The van der Waals surface area contributed by atoms with Crippen molar-refractivity contribution in [3.63, 3.8) is 0 Å². The summed E-state index contributed by atoms with van der Waals surface area (Å²) in [6.45, 7) is 2.00. The van der Waals surface area contributed by atoms with E-state index in [9.17, 15) is 4.21 Å². The lowest BCUT2D eigenvalue weighted by molar-refractivity contribution is 0.464. The van der Waals surface area contributed by atoms with Gasteiger partial charge in [-0.15, -0.1) is 0 Å². The van der Waals surface area contributed by atoms with E-state index >= 15 is 0 Å². The lowest BCUT2D eigenvalue weighted by Gasteiger charge is -2.29. The van der Waals surface area contributed by atoms with Crippen molar-refractivity contribution >= 4 is 28.2 Å². The highest BCUT2D eigenvalue weighted by Crippen LogP contribution is 2.39. The van der Waals surface area contributed by atoms with Gasteiger partial charge in [-0.1, -0.05) is 24.9 Å². The molecule has 3 unspecified atom stereocenters. The van der Waals surface area contributed by atoms with Crippen molar-refractivity contribution in [1.82, 2.24) is 9.97 Å². The number of nitrogens with zero attached hydrogens (tertiary/aromatic N) is 2. The highest BCUT2D eigenvalue weighted by Gasteiger charge is 2.28. The number of halogens is 1. The number of nitrogens with one attached hydrogen (secondary N) is 1. The summed E-state index contributed by atoms with van der Waals surface area (Å²) in [4.78, 5) is 8.91. The number of hydrogen-bond acceptors (Lipinski definition) is 4. The first-order chi connectivity index (χ1) is 10.2. The number of hydrogen-bond donors (Lipinski definition) is 1. The molecular formula is C15H22ClN3OS. The normalized spacial score (nSPS) is 27.3. The van der Waals surface area contributed by atoms with Gasteiger partial charge in [-0.3, -0.25) is 4.21 Å². The van der Waals surface area contributed by atoms with Crippen LogP contribution in [0.4, 0.5) is 5.82 Å². The summed E-state index contributed by atoms with van der Waals surface area (Å²) in [6.07, 6.45) is 6.61. The fourth-order valence-corrected chi connectivity index (χ4v) is 4.53. The molecule has 116 valence electrons. The van der Waals surface area contributed by atoms with Gasteiger partial charge in [0, 0.05) is 39.8 Å². The molecule has 2 fully saturated rings. The third kappa shape index (κ3) is 3.95. The van der Waals surface area contributed by atoms with E-state index < -0.39 is 10.8 Å². The van der Waals surface area contributed by atoms with Gasteiger partial charge in [0.05, 0.1) is 0 Å². The molecule has 21 heavy (non-hydrogen) atoms. The fourth-order valence-electron chi connectivity index (χ4n) is 2.99. The molecule has 1 N–H and O–H groups in total. The Morgan fingerprint density at radius 3 is 2.86 bits per heavy atom. The Balaban J connectivity index is 1.66. The summed E-state index contributed by atoms with van der Waals surface area (Å²) in [6, 6.07) is 2.14. The van der Waals surface area contributed by atoms with Crippen LogP contribution >= 0.6 is 11.6 Å². The van der Waals surface area contributed by atoms with E-state index in [-0.39, 0.29) is 0 Å². The van der Waals surface area contributed by atoms with Crippen LogP contribution in [0.5, 0.6) is 0 Å². The first-order valence-corrected chi connectivity index (χ1v) is 9.60. The number of rotatable bonds is 5. The van der Waals surface area contributed by atoms with Gasteiger partial charge in [0.2, 0.25) is 0 Å². The van der Waals surface area contributed by atoms with Crippen LogP contribution in [-0.2, 0) is 10.8 Å². The minimum atomic E-state index is -0.697. The van der Waals surface area contributed by atoms with Gasteiger partial charge in [-0.2, -0.15) is 0 Å². The molecule has 0 saturated heterocycles. The third-order valence-corrected chi connectivity index (χ3v) is 6.22. The van der Waals surface area contributed by atoms with Crippen LogP contribution in [0, 0.1) is 0 Å². The van der Waals surface area contributed by atoms with E-state index in [4.69, 9.17) is 11.6 Å². The monoisotopic (exact) mass is 327 g/mol. The van der Waals surface area contributed by atoms with Crippen molar-refractivity contribution in [2.24, 2.45) is 0 Å². The van der Waals surface area contributed by atoms with Gasteiger partial charge in [0.25, 0.3) is 0 Å². The zero-order chi connectivity index (χ0) is 14.8. The van der Waals surface area contributed by atoms with Crippen LogP contribution in [0.1, 0.15) is 57.2 Å². The number of anilines is 1. The largest absolute Gasteiger partial charge is 0.367 e. The average molecular weight is 328 g/mol. The van der Waals surface area contributed by atoms with Gasteiger partial charge in [-0.25, -0.2) is 9.97 Å². The zero-order valence-corrected chi connectivity index (χ0v) is 13.9. The molecule has 0 spiro atoms. The minimum Gasteiger partial charge on any atom is -0.367 e. The van der Waals surface area contributed by atoms with E-state index in [1.54, 1.807) is 6.07 Å². The van der Waals surface area contributed by atoms with Crippen LogP contribution in [0.25, 0.3) is 0 Å². The van der Waals surface area contributed by atoms with Crippen molar-refractivity contribution in [2.75, 3.05) is 11.1 Å². The Morgan fingerprint density at radius 2 is 2.14 bits per heavy atom. The summed E-state index contributed by atoms with van der Waals surface area (Å²) in [5, 5.41) is 4.32. The first-order valence-electron chi connectivity index (χ1n) is 7.84. The maximum absolute atomic E-state index is 12.0. The maximum atomic E-state index is 12.0. The Kier molecular flexibility index (Phi) is 4.79. The molecule has 0 bridgehead atoms. The van der Waals surface area contributed by atoms with Crippen molar-refractivity contribution < 1.29 is 4.21 Å². The van der Waals surface area contributed by atoms with Crippen molar-refractivity contribution in [3.05, 3.63) is 17.0 Å². The van der Waals surface area contributed by atoms with Crippen LogP contribution in [-0.4, -0.2) is 31.2 Å². The molecule has 2 saturated carbocycles. The highest BCUT2D eigenvalue weighted by atomic mass is 35.5. The van der Waals surface area contributed by atoms with E-state index in [2.05, 4.69) is 15.3 Å². The van der Waals surface area contributed by atoms with Crippen molar-refractivity contribution in [2.45, 2.75) is 62.7 Å². The fraction of sp³-hybridized carbons (Fsp3) is 0.733. The molecule has 6 heteroatoms. The smallest absolute Gasteiger partial charge is 0.135 e. The molecule has 2 aliphatic rings. The van der Waals surface area contributed by atoms with Gasteiger partial charge < -0.3 is 5.32 Å². The molecule has 1 heterocycles. The van der Waals surface area contributed by atoms with Crippen LogP contribution < -0.4 is 5.32 Å². The van der Waals surface area contributed by atoms with E-state index in [1.165, 1.54) is 12.8 Å². The van der Waals surface area contributed by atoms with E-state index in [0.29, 0.717) is 22.4 Å². The predicted octanol–water partition coefficient (Wildman–Crippen LogP) is 3.50. The van der Waals surface area contributed by atoms with Crippen LogP contribution in [0.15, 0.2) is 6.07 Å². The molecule has 0 aliphatic heterocycles. The van der Waals surface area contributed by atoms with Gasteiger partial charge >= 0.3 is 0 Å². The van der Waals surface area contributed by atoms with E-state index in [0.717, 1.165) is 43.1 Å². The molecule has 0 radical (unpaired) electrons. The van der Waals surface area contributed by atoms with Gasteiger partial charge in [-0.05, 0) is 32.1 Å². The molecule has 2 aliphatic carbocycles. The average Bonchev–Trinajstić information content (AvgIpc) is 3.30. The standard InChI is InChI=1S/C15H22ClN3OS/c1-2-21(20)12-5-3-4-11(8-12)17-14-9-13(16)18-15(19-14)10-6-7-10/h9-12H,2-8H2,1H3,(H,17,18,19). The first kappa shape index (κ1) is 15.2. The lowest BCUT2D eigenvalue weighted by Crippen LogP contribution is -2.33. The zero-order valence-electron chi connectivity index (χ0n) is 12.3. The Morgan fingerprint density at radius 1 is 1.33 bits per heavy atom. The van der Waals surface area contributed by atoms with Gasteiger partial charge in [0.1, 0.15) is 16.8 Å². The summed E-state index contributed by atoms with van der Waals surface area (Å²) in [5.41, 5.74) is 0. The molecule has 3 rings (SSSR count). The molecule has 0 amide bonds. The SMILES string of the molecule is CCS(=O)C1CCCC(Nc2cc(Cl)nc(C3CC3)n2)C1. The van der Waals surface area contributed by atoms with Crippen LogP contribution in [0.3, 0.4) is 0 Å². The molecule has 4 nitrogen and oxygen atoms in total.